The molecule has 19 heavy (non-hydrogen) atoms. The van der Waals surface area contributed by atoms with E-state index in [0.717, 1.165) is 11.3 Å². The minimum atomic E-state index is 0.445. The summed E-state index contributed by atoms with van der Waals surface area (Å²) in [6, 6.07) is 9.07. The summed E-state index contributed by atoms with van der Waals surface area (Å²) < 4.78 is 0. The van der Waals surface area contributed by atoms with E-state index in [4.69, 9.17) is 35.4 Å². The van der Waals surface area contributed by atoms with Gasteiger partial charge in [-0.25, -0.2) is 4.98 Å². The molecule has 1 aromatic carbocycles. The molecule has 0 saturated carbocycles. The highest BCUT2D eigenvalue weighted by atomic mass is 35.5. The molecule has 0 amide bonds. The van der Waals surface area contributed by atoms with Crippen LogP contribution in [-0.4, -0.2) is 10.1 Å². The molecule has 0 unspecified atom stereocenters. The van der Waals surface area contributed by atoms with Crippen molar-refractivity contribution in [3.8, 4) is 0 Å². The Hall–Kier alpha value is -1.36. The van der Waals surface area contributed by atoms with E-state index >= 15 is 0 Å². The van der Waals surface area contributed by atoms with Crippen molar-refractivity contribution in [3.63, 3.8) is 0 Å². The number of nitrogens with zero attached hydrogens (tertiary/aromatic N) is 1. The molecule has 0 spiro atoms. The summed E-state index contributed by atoms with van der Waals surface area (Å²) in [7, 11) is 0. The third kappa shape index (κ3) is 4.06. The molecule has 0 aliphatic heterocycles. The van der Waals surface area contributed by atoms with Crippen LogP contribution in [0.4, 0.5) is 11.5 Å². The average Bonchev–Trinajstić information content (AvgIpc) is 2.37. The summed E-state index contributed by atoms with van der Waals surface area (Å²) >= 11 is 16.9. The number of nitrogens with one attached hydrogen (secondary N) is 2. The lowest BCUT2D eigenvalue weighted by molar-refractivity contribution is 1.32. The Morgan fingerprint density at radius 2 is 1.84 bits per heavy atom. The van der Waals surface area contributed by atoms with Crippen molar-refractivity contribution in [1.29, 1.82) is 0 Å². The molecule has 0 saturated heterocycles. The molecule has 2 aromatic rings. The lowest BCUT2D eigenvalue weighted by Crippen LogP contribution is -2.20. The fourth-order valence-electron chi connectivity index (χ4n) is 1.45. The van der Waals surface area contributed by atoms with Crippen molar-refractivity contribution >= 4 is 52.0 Å². The third-order valence-corrected chi connectivity index (χ3v) is 3.08. The predicted molar refractivity (Wildman–Crippen MR) is 85.3 cm³/mol. The van der Waals surface area contributed by atoms with E-state index in [1.807, 2.05) is 25.1 Å². The first-order chi connectivity index (χ1) is 9.04. The van der Waals surface area contributed by atoms with Gasteiger partial charge in [-0.1, -0.05) is 29.3 Å². The first kappa shape index (κ1) is 14.1. The number of benzene rings is 1. The van der Waals surface area contributed by atoms with Gasteiger partial charge < -0.3 is 10.6 Å². The van der Waals surface area contributed by atoms with Gasteiger partial charge in [-0.3, -0.25) is 0 Å². The van der Waals surface area contributed by atoms with Crippen molar-refractivity contribution in [2.75, 3.05) is 10.6 Å². The molecule has 98 valence electrons. The van der Waals surface area contributed by atoms with Crippen LogP contribution in [0.15, 0.2) is 36.5 Å². The van der Waals surface area contributed by atoms with Crippen molar-refractivity contribution in [2.45, 2.75) is 6.92 Å². The molecule has 0 bridgehead atoms. The number of hydrogen-bond acceptors (Lipinski definition) is 2. The SMILES string of the molecule is Cc1ccc(Cl)cc1NC(=S)Nc1ccc(Cl)cn1. The second-order valence-corrected chi connectivity index (χ2v) is 5.18. The number of hydrogen-bond donors (Lipinski definition) is 2. The number of halogens is 2. The summed E-state index contributed by atoms with van der Waals surface area (Å²) in [5.74, 6) is 0.626. The molecule has 6 heteroatoms. The summed E-state index contributed by atoms with van der Waals surface area (Å²) in [5.41, 5.74) is 1.91. The van der Waals surface area contributed by atoms with Crippen LogP contribution in [-0.2, 0) is 0 Å². The maximum Gasteiger partial charge on any atom is 0.176 e. The molecular formula is C13H11Cl2N3S. The zero-order valence-electron chi connectivity index (χ0n) is 10.1. The van der Waals surface area contributed by atoms with Gasteiger partial charge in [0.15, 0.2) is 5.11 Å². The first-order valence-corrected chi connectivity index (χ1v) is 6.67. The van der Waals surface area contributed by atoms with E-state index in [2.05, 4.69) is 15.6 Å². The van der Waals surface area contributed by atoms with Crippen LogP contribution in [0.1, 0.15) is 5.56 Å². The van der Waals surface area contributed by atoms with Gasteiger partial charge in [0.25, 0.3) is 0 Å². The molecule has 1 aromatic heterocycles. The maximum atomic E-state index is 5.95. The van der Waals surface area contributed by atoms with E-state index in [-0.39, 0.29) is 0 Å². The van der Waals surface area contributed by atoms with Crippen molar-refractivity contribution < 1.29 is 0 Å². The van der Waals surface area contributed by atoms with Gasteiger partial charge in [-0.15, -0.1) is 0 Å². The van der Waals surface area contributed by atoms with Gasteiger partial charge in [0.2, 0.25) is 0 Å². The molecular weight excluding hydrogens is 301 g/mol. The van der Waals surface area contributed by atoms with E-state index in [9.17, 15) is 0 Å². The highest BCUT2D eigenvalue weighted by Crippen LogP contribution is 2.20. The van der Waals surface area contributed by atoms with E-state index in [1.54, 1.807) is 18.3 Å². The first-order valence-electron chi connectivity index (χ1n) is 5.50. The van der Waals surface area contributed by atoms with Crippen LogP contribution in [0.3, 0.4) is 0 Å². The van der Waals surface area contributed by atoms with Gasteiger partial charge in [0, 0.05) is 16.9 Å². The number of pyridine rings is 1. The fourth-order valence-corrected chi connectivity index (χ4v) is 1.95. The highest BCUT2D eigenvalue weighted by Gasteiger charge is 2.03. The lowest BCUT2D eigenvalue weighted by Gasteiger charge is -2.12. The van der Waals surface area contributed by atoms with Gasteiger partial charge >= 0.3 is 0 Å². The van der Waals surface area contributed by atoms with E-state index in [0.29, 0.717) is 21.0 Å². The minimum absolute atomic E-state index is 0.445. The smallest absolute Gasteiger partial charge is 0.176 e. The van der Waals surface area contributed by atoms with Gasteiger partial charge in [0.05, 0.1) is 5.02 Å². The highest BCUT2D eigenvalue weighted by molar-refractivity contribution is 7.80. The fraction of sp³-hybridized carbons (Fsp3) is 0.0769. The van der Waals surface area contributed by atoms with Crippen molar-refractivity contribution in [3.05, 3.63) is 52.1 Å². The Bertz CT molecular complexity index is 599. The lowest BCUT2D eigenvalue weighted by atomic mass is 10.2. The Morgan fingerprint density at radius 3 is 2.53 bits per heavy atom. The Labute approximate surface area is 127 Å². The molecule has 3 nitrogen and oxygen atoms in total. The second-order valence-electron chi connectivity index (χ2n) is 3.90. The van der Waals surface area contributed by atoms with Crippen LogP contribution < -0.4 is 10.6 Å². The summed E-state index contributed by atoms with van der Waals surface area (Å²) in [6.45, 7) is 1.97. The molecule has 1 heterocycles. The van der Waals surface area contributed by atoms with Crippen LogP contribution in [0, 0.1) is 6.92 Å². The van der Waals surface area contributed by atoms with E-state index < -0.39 is 0 Å². The number of aromatic nitrogens is 1. The van der Waals surface area contributed by atoms with Crippen molar-refractivity contribution in [2.24, 2.45) is 0 Å². The third-order valence-electron chi connectivity index (χ3n) is 2.42. The normalized spacial score (nSPS) is 10.1. The Kier molecular flexibility index (Phi) is 4.58. The minimum Gasteiger partial charge on any atom is -0.332 e. The predicted octanol–water partition coefficient (Wildman–Crippen LogP) is 4.51. The zero-order valence-corrected chi connectivity index (χ0v) is 12.4. The summed E-state index contributed by atoms with van der Waals surface area (Å²) in [5, 5.41) is 7.73. The molecule has 2 rings (SSSR count). The zero-order chi connectivity index (χ0) is 13.8. The standard InChI is InChI=1S/C13H11Cl2N3S/c1-8-2-3-9(14)6-11(8)17-13(19)18-12-5-4-10(15)7-16-12/h2-7H,1H3,(H2,16,17,18,19). The van der Waals surface area contributed by atoms with Crippen LogP contribution >= 0.6 is 35.4 Å². The van der Waals surface area contributed by atoms with Gasteiger partial charge in [0.1, 0.15) is 5.82 Å². The summed E-state index contributed by atoms with van der Waals surface area (Å²) in [6.07, 6.45) is 1.55. The topological polar surface area (TPSA) is 37.0 Å². The van der Waals surface area contributed by atoms with Crippen LogP contribution in [0.25, 0.3) is 0 Å². The quantitative estimate of drug-likeness (QED) is 0.800. The monoisotopic (exact) mass is 311 g/mol. The average molecular weight is 312 g/mol. The van der Waals surface area contributed by atoms with E-state index in [1.165, 1.54) is 0 Å². The van der Waals surface area contributed by atoms with Gasteiger partial charge in [-0.05, 0) is 49.0 Å². The van der Waals surface area contributed by atoms with Gasteiger partial charge in [-0.2, -0.15) is 0 Å². The largest absolute Gasteiger partial charge is 0.332 e. The molecule has 0 aliphatic rings. The number of rotatable bonds is 2. The second kappa shape index (κ2) is 6.19. The van der Waals surface area contributed by atoms with Crippen LogP contribution in [0.5, 0.6) is 0 Å². The molecule has 0 aliphatic carbocycles. The molecule has 0 atom stereocenters. The number of thiocarbonyl (C=S) groups is 1. The molecule has 0 radical (unpaired) electrons. The Morgan fingerprint density at radius 1 is 1.11 bits per heavy atom. The molecule has 0 fully saturated rings. The molecule has 2 N–H and O–H groups in total. The maximum absolute atomic E-state index is 5.95. The number of anilines is 2. The Balaban J connectivity index is 2.05. The van der Waals surface area contributed by atoms with Crippen LogP contribution in [0.2, 0.25) is 10.0 Å². The van der Waals surface area contributed by atoms with Crippen molar-refractivity contribution in [1.82, 2.24) is 4.98 Å². The number of aryl methyl sites for hydroxylation is 1. The summed E-state index contributed by atoms with van der Waals surface area (Å²) in [4.78, 5) is 4.10.